The molecule has 0 aliphatic rings. The highest BCUT2D eigenvalue weighted by atomic mass is 19.1. The van der Waals surface area contributed by atoms with Gasteiger partial charge in [0.2, 0.25) is 0 Å². The molecule has 33 heavy (non-hydrogen) atoms. The summed E-state index contributed by atoms with van der Waals surface area (Å²) in [4.78, 5) is 31.4. The molecule has 5 rings (SSSR count). The summed E-state index contributed by atoms with van der Waals surface area (Å²) in [7, 11) is 0. The van der Waals surface area contributed by atoms with Crippen molar-refractivity contribution < 1.29 is 14.1 Å². The molecule has 0 amide bonds. The van der Waals surface area contributed by atoms with Crippen molar-refractivity contribution in [3.05, 3.63) is 101 Å². The molecule has 0 N–H and O–H groups in total. The number of carbonyl (C=O) groups is 1. The normalized spacial score (nSPS) is 10.9. The number of rotatable bonds is 5. The third kappa shape index (κ3) is 3.72. The second kappa shape index (κ2) is 8.04. The van der Waals surface area contributed by atoms with Crippen LogP contribution in [0.2, 0.25) is 0 Å². The molecule has 0 bridgehead atoms. The summed E-state index contributed by atoms with van der Waals surface area (Å²) < 4.78 is 15.0. The quantitative estimate of drug-likeness (QED) is 0.217. The number of fused-ring (bicyclic) bond motifs is 1. The first kappa shape index (κ1) is 20.1. The highest BCUT2D eigenvalue weighted by Gasteiger charge is 2.18. The molecule has 9 heteroatoms. The first-order chi connectivity index (χ1) is 16.0. The highest BCUT2D eigenvalue weighted by molar-refractivity contribution is 5.88. The van der Waals surface area contributed by atoms with Crippen molar-refractivity contribution in [1.29, 1.82) is 0 Å². The monoisotopic (exact) mass is 439 g/mol. The predicted octanol–water partition coefficient (Wildman–Crippen LogP) is 5.01. The van der Waals surface area contributed by atoms with Crippen molar-refractivity contribution in [2.45, 2.75) is 0 Å². The predicted molar refractivity (Wildman–Crippen MR) is 120 cm³/mol. The maximum Gasteiger partial charge on any atom is 0.270 e. The van der Waals surface area contributed by atoms with E-state index in [0.29, 0.717) is 34.4 Å². The van der Waals surface area contributed by atoms with E-state index in [-0.39, 0.29) is 22.8 Å². The Morgan fingerprint density at radius 1 is 1.00 bits per heavy atom. The van der Waals surface area contributed by atoms with Gasteiger partial charge in [0.15, 0.2) is 17.8 Å². The third-order valence-electron chi connectivity index (χ3n) is 5.14. The molecule has 0 radical (unpaired) electrons. The number of hydrogen-bond donors (Lipinski definition) is 0. The Morgan fingerprint density at radius 3 is 2.58 bits per heavy atom. The van der Waals surface area contributed by atoms with Crippen LogP contribution in [0.5, 0.6) is 0 Å². The molecule has 0 fully saturated rings. The van der Waals surface area contributed by atoms with Gasteiger partial charge in [0.05, 0.1) is 10.5 Å². The first-order valence-corrected chi connectivity index (χ1v) is 9.85. The number of nitro benzene ring substituents is 1. The summed E-state index contributed by atoms with van der Waals surface area (Å²) in [6, 6.07) is 17.4. The third-order valence-corrected chi connectivity index (χ3v) is 5.14. The van der Waals surface area contributed by atoms with Crippen LogP contribution in [0, 0.1) is 15.9 Å². The molecule has 0 unspecified atom stereocenters. The van der Waals surface area contributed by atoms with Gasteiger partial charge in [0.25, 0.3) is 5.69 Å². The van der Waals surface area contributed by atoms with E-state index in [1.165, 1.54) is 41.2 Å². The van der Waals surface area contributed by atoms with Crippen molar-refractivity contribution in [2.75, 3.05) is 0 Å². The maximum absolute atomic E-state index is 13.5. The SMILES string of the molecule is O=Cc1cn(-c2nc3ncccc3cc2-c2ccc(F)cc2)nc1-c1cccc([N+](=O)[O-])c1. The van der Waals surface area contributed by atoms with Gasteiger partial charge in [0, 0.05) is 41.0 Å². The zero-order chi connectivity index (χ0) is 22.9. The van der Waals surface area contributed by atoms with Gasteiger partial charge in [-0.05, 0) is 35.9 Å². The van der Waals surface area contributed by atoms with Crippen LogP contribution in [-0.4, -0.2) is 31.0 Å². The summed E-state index contributed by atoms with van der Waals surface area (Å²) in [6.45, 7) is 0. The largest absolute Gasteiger partial charge is 0.298 e. The zero-order valence-electron chi connectivity index (χ0n) is 16.9. The minimum Gasteiger partial charge on any atom is -0.298 e. The zero-order valence-corrected chi connectivity index (χ0v) is 16.9. The Hall–Kier alpha value is -4.79. The molecule has 0 saturated carbocycles. The molecule has 0 aliphatic carbocycles. The average Bonchev–Trinajstić information content (AvgIpc) is 3.28. The molecule has 3 heterocycles. The number of non-ortho nitro benzene ring substituents is 1. The number of benzene rings is 2. The summed E-state index contributed by atoms with van der Waals surface area (Å²) in [5.74, 6) is 0.0126. The minimum absolute atomic E-state index is 0.112. The Bertz CT molecular complexity index is 1530. The molecule has 2 aromatic carbocycles. The van der Waals surface area contributed by atoms with Gasteiger partial charge in [-0.15, -0.1) is 0 Å². The highest BCUT2D eigenvalue weighted by Crippen LogP contribution is 2.31. The topological polar surface area (TPSA) is 104 Å². The van der Waals surface area contributed by atoms with E-state index in [1.54, 1.807) is 30.5 Å². The van der Waals surface area contributed by atoms with Crippen LogP contribution < -0.4 is 0 Å². The van der Waals surface area contributed by atoms with Crippen LogP contribution in [0.25, 0.3) is 39.2 Å². The second-order valence-electron chi connectivity index (χ2n) is 7.22. The molecular weight excluding hydrogens is 425 g/mol. The Kier molecular flexibility index (Phi) is 4.91. The lowest BCUT2D eigenvalue weighted by molar-refractivity contribution is -0.384. The van der Waals surface area contributed by atoms with Gasteiger partial charge in [-0.3, -0.25) is 14.9 Å². The molecular formula is C24H14FN5O3. The molecule has 0 aliphatic heterocycles. The molecule has 0 spiro atoms. The van der Waals surface area contributed by atoms with Crippen molar-refractivity contribution >= 4 is 23.0 Å². The number of aldehydes is 1. The summed E-state index contributed by atoms with van der Waals surface area (Å²) in [6.07, 6.45) is 3.75. The number of aromatic nitrogens is 4. The van der Waals surface area contributed by atoms with Crippen LogP contribution in [-0.2, 0) is 0 Å². The van der Waals surface area contributed by atoms with E-state index in [1.807, 2.05) is 12.1 Å². The second-order valence-corrected chi connectivity index (χ2v) is 7.22. The number of carbonyl (C=O) groups excluding carboxylic acids is 1. The van der Waals surface area contributed by atoms with E-state index in [2.05, 4.69) is 15.1 Å². The summed E-state index contributed by atoms with van der Waals surface area (Å²) >= 11 is 0. The van der Waals surface area contributed by atoms with Gasteiger partial charge in [-0.25, -0.2) is 19.0 Å². The molecule has 0 atom stereocenters. The van der Waals surface area contributed by atoms with E-state index >= 15 is 0 Å². The lowest BCUT2D eigenvalue weighted by Crippen LogP contribution is -2.03. The smallest absolute Gasteiger partial charge is 0.270 e. The number of pyridine rings is 2. The van der Waals surface area contributed by atoms with Gasteiger partial charge < -0.3 is 0 Å². The van der Waals surface area contributed by atoms with Gasteiger partial charge in [-0.1, -0.05) is 24.3 Å². The molecule has 3 aromatic heterocycles. The molecule has 5 aromatic rings. The molecule has 8 nitrogen and oxygen atoms in total. The van der Waals surface area contributed by atoms with Crippen molar-refractivity contribution in [3.63, 3.8) is 0 Å². The van der Waals surface area contributed by atoms with Crippen LogP contribution in [0.1, 0.15) is 10.4 Å². The number of hydrogen-bond acceptors (Lipinski definition) is 6. The average molecular weight is 439 g/mol. The van der Waals surface area contributed by atoms with E-state index < -0.39 is 4.92 Å². The fraction of sp³-hybridized carbons (Fsp3) is 0. The van der Waals surface area contributed by atoms with Crippen LogP contribution in [0.15, 0.2) is 79.1 Å². The fourth-order valence-electron chi connectivity index (χ4n) is 3.59. The standard InChI is InChI=1S/C24H14FN5O3/c25-19-8-6-15(7-9-19)21-12-17-4-2-10-26-23(17)27-24(21)29-13-18(14-31)22(28-29)16-3-1-5-20(11-16)30(32)33/h1-14H. The van der Waals surface area contributed by atoms with Gasteiger partial charge in [-0.2, -0.15) is 5.10 Å². The summed E-state index contributed by atoms with van der Waals surface area (Å²) in [5, 5.41) is 16.5. The number of halogens is 1. The minimum atomic E-state index is -0.510. The van der Waals surface area contributed by atoms with E-state index in [0.717, 1.165) is 5.39 Å². The lowest BCUT2D eigenvalue weighted by Gasteiger charge is -2.11. The van der Waals surface area contributed by atoms with Crippen molar-refractivity contribution in [3.8, 4) is 28.2 Å². The maximum atomic E-state index is 13.5. The van der Waals surface area contributed by atoms with E-state index in [4.69, 9.17) is 0 Å². The molecule has 160 valence electrons. The first-order valence-electron chi connectivity index (χ1n) is 9.85. The van der Waals surface area contributed by atoms with Gasteiger partial charge in [0.1, 0.15) is 11.5 Å². The van der Waals surface area contributed by atoms with Crippen LogP contribution in [0.3, 0.4) is 0 Å². The van der Waals surface area contributed by atoms with Gasteiger partial charge >= 0.3 is 0 Å². The molecule has 0 saturated heterocycles. The van der Waals surface area contributed by atoms with E-state index in [9.17, 15) is 19.3 Å². The Morgan fingerprint density at radius 2 is 1.82 bits per heavy atom. The Labute approximate surface area is 186 Å². The van der Waals surface area contributed by atoms with Crippen LogP contribution >= 0.6 is 0 Å². The fourth-order valence-corrected chi connectivity index (χ4v) is 3.59. The van der Waals surface area contributed by atoms with Crippen LogP contribution in [0.4, 0.5) is 10.1 Å². The summed E-state index contributed by atoms with van der Waals surface area (Å²) in [5.41, 5.74) is 2.65. The lowest BCUT2D eigenvalue weighted by atomic mass is 10.0. The van der Waals surface area contributed by atoms with Crippen molar-refractivity contribution in [1.82, 2.24) is 19.7 Å². The Balaban J connectivity index is 1.73. The van der Waals surface area contributed by atoms with Crippen molar-refractivity contribution in [2.24, 2.45) is 0 Å². The number of nitrogens with zero attached hydrogens (tertiary/aromatic N) is 5. The number of nitro groups is 1.